The number of halogens is 3. The monoisotopic (exact) mass is 510 g/mol. The van der Waals surface area contributed by atoms with Crippen LogP contribution in [0.2, 0.25) is 0 Å². The van der Waals surface area contributed by atoms with E-state index < -0.39 is 0 Å². The molecule has 20 heavy (non-hydrogen) atoms. The molecule has 0 saturated heterocycles. The minimum atomic E-state index is 0.0991. The van der Waals surface area contributed by atoms with Crippen LogP contribution >= 0.6 is 54.5 Å². The number of ketones is 1. The van der Waals surface area contributed by atoms with Gasteiger partial charge in [0, 0.05) is 20.7 Å². The Labute approximate surface area is 148 Å². The Balaban J connectivity index is 2.33. The van der Waals surface area contributed by atoms with Crippen molar-refractivity contribution in [1.29, 1.82) is 0 Å². The summed E-state index contributed by atoms with van der Waals surface area (Å²) in [6, 6.07) is 5.75. The molecule has 0 fully saturated rings. The fourth-order valence-electron chi connectivity index (χ4n) is 1.97. The van der Waals surface area contributed by atoms with Gasteiger partial charge >= 0.3 is 0 Å². The molecule has 0 saturated carbocycles. The van der Waals surface area contributed by atoms with Crippen molar-refractivity contribution in [3.8, 4) is 0 Å². The van der Waals surface area contributed by atoms with Crippen LogP contribution < -0.4 is 0 Å². The van der Waals surface area contributed by atoms with Gasteiger partial charge in [-0.1, -0.05) is 22.9 Å². The third-order valence-corrected chi connectivity index (χ3v) is 5.41. The molecular formula is C14H13Br2IN2O. The molecule has 0 atom stereocenters. The molecule has 1 heterocycles. The summed E-state index contributed by atoms with van der Waals surface area (Å²) >= 11 is 9.15. The molecule has 1 aromatic carbocycles. The number of nitrogens with zero attached hydrogens (tertiary/aromatic N) is 2. The Morgan fingerprint density at radius 1 is 1.40 bits per heavy atom. The van der Waals surface area contributed by atoms with Gasteiger partial charge in [-0.15, -0.1) is 0 Å². The fourth-order valence-corrected chi connectivity index (χ4v) is 3.72. The predicted octanol–water partition coefficient (Wildman–Crippen LogP) is 4.54. The Morgan fingerprint density at radius 2 is 2.10 bits per heavy atom. The van der Waals surface area contributed by atoms with E-state index >= 15 is 0 Å². The highest BCUT2D eigenvalue weighted by Crippen LogP contribution is 2.25. The average molecular weight is 512 g/mol. The second-order valence-corrected chi connectivity index (χ2v) is 7.28. The molecule has 3 nitrogen and oxygen atoms in total. The zero-order valence-corrected chi connectivity index (χ0v) is 16.4. The zero-order chi connectivity index (χ0) is 14.9. The number of hydrogen-bond acceptors (Lipinski definition) is 2. The summed E-state index contributed by atoms with van der Waals surface area (Å²) < 4.78 is 4.61. The number of Topliss-reactive ketones (excluding diaryl/α,β-unsaturated/α-hetero) is 1. The Bertz CT molecular complexity index is 667. The van der Waals surface area contributed by atoms with Gasteiger partial charge in [-0.25, -0.2) is 0 Å². The number of carbonyl (C=O) groups excluding carboxylic acids is 1. The molecule has 0 aliphatic heterocycles. The molecule has 0 unspecified atom stereocenters. The summed E-state index contributed by atoms with van der Waals surface area (Å²) in [7, 11) is 1.87. The quantitative estimate of drug-likeness (QED) is 0.446. The van der Waals surface area contributed by atoms with E-state index in [1.54, 1.807) is 4.68 Å². The van der Waals surface area contributed by atoms with E-state index in [4.69, 9.17) is 0 Å². The number of benzene rings is 1. The van der Waals surface area contributed by atoms with Crippen molar-refractivity contribution < 1.29 is 4.79 Å². The van der Waals surface area contributed by atoms with Gasteiger partial charge < -0.3 is 0 Å². The van der Waals surface area contributed by atoms with Gasteiger partial charge in [-0.2, -0.15) is 5.10 Å². The maximum atomic E-state index is 12.5. The van der Waals surface area contributed by atoms with E-state index in [1.807, 2.05) is 25.2 Å². The van der Waals surface area contributed by atoms with E-state index in [-0.39, 0.29) is 5.78 Å². The van der Waals surface area contributed by atoms with Crippen LogP contribution in [0.15, 0.2) is 27.1 Å². The van der Waals surface area contributed by atoms with E-state index in [0.29, 0.717) is 6.42 Å². The van der Waals surface area contributed by atoms with Gasteiger partial charge in [0.25, 0.3) is 0 Å². The molecule has 106 valence electrons. The van der Waals surface area contributed by atoms with E-state index in [0.717, 1.165) is 35.9 Å². The molecule has 0 aliphatic rings. The zero-order valence-electron chi connectivity index (χ0n) is 11.1. The Morgan fingerprint density at radius 3 is 2.70 bits per heavy atom. The molecule has 0 aliphatic carbocycles. The van der Waals surface area contributed by atoms with Gasteiger partial charge in [0.2, 0.25) is 0 Å². The molecule has 1 aromatic heterocycles. The van der Waals surface area contributed by atoms with E-state index in [1.165, 1.54) is 0 Å². The maximum absolute atomic E-state index is 12.5. The van der Waals surface area contributed by atoms with E-state index in [9.17, 15) is 4.79 Å². The molecule has 0 amide bonds. The van der Waals surface area contributed by atoms with Gasteiger partial charge in [0.05, 0.1) is 22.3 Å². The first-order valence-corrected chi connectivity index (χ1v) is 8.79. The van der Waals surface area contributed by atoms with Crippen LogP contribution in [0.1, 0.15) is 28.7 Å². The topological polar surface area (TPSA) is 34.9 Å². The first kappa shape index (κ1) is 16.2. The van der Waals surface area contributed by atoms with Crippen LogP contribution in [0.3, 0.4) is 0 Å². The first-order chi connectivity index (χ1) is 9.43. The normalized spacial score (nSPS) is 10.8. The largest absolute Gasteiger partial charge is 0.294 e. The molecule has 2 rings (SSSR count). The summed E-state index contributed by atoms with van der Waals surface area (Å²) in [4.78, 5) is 12.5. The Hall–Kier alpha value is -0.210. The molecule has 0 radical (unpaired) electrons. The van der Waals surface area contributed by atoms with Crippen LogP contribution in [0.5, 0.6) is 0 Å². The number of aromatic nitrogens is 2. The number of rotatable bonds is 4. The van der Waals surface area contributed by atoms with Gasteiger partial charge in [0.1, 0.15) is 0 Å². The van der Waals surface area contributed by atoms with Crippen molar-refractivity contribution in [2.45, 2.75) is 19.8 Å². The second kappa shape index (κ2) is 6.70. The van der Waals surface area contributed by atoms with Crippen LogP contribution in [0, 0.1) is 3.57 Å². The first-order valence-electron chi connectivity index (χ1n) is 6.12. The fraction of sp³-hybridized carbons (Fsp3) is 0.286. The molecule has 0 N–H and O–H groups in total. The maximum Gasteiger partial charge on any atom is 0.169 e. The standard InChI is InChI=1S/C14H13Br2IN2O/c1-3-11-14(16)12(19(2)18-11)7-13(20)9-6-8(15)4-5-10(9)17/h4-6H,3,7H2,1-2H3. The van der Waals surface area contributed by atoms with Gasteiger partial charge in [0.15, 0.2) is 5.78 Å². The lowest BCUT2D eigenvalue weighted by molar-refractivity contribution is 0.0989. The van der Waals surface area contributed by atoms with Gasteiger partial charge in [-0.05, 0) is 63.1 Å². The summed E-state index contributed by atoms with van der Waals surface area (Å²) in [5.41, 5.74) is 2.65. The summed E-state index contributed by atoms with van der Waals surface area (Å²) in [6.45, 7) is 2.05. The highest BCUT2D eigenvalue weighted by Gasteiger charge is 2.18. The lowest BCUT2D eigenvalue weighted by atomic mass is 10.1. The van der Waals surface area contributed by atoms with E-state index in [2.05, 4.69) is 66.5 Å². The lowest BCUT2D eigenvalue weighted by Gasteiger charge is -2.06. The molecule has 6 heteroatoms. The highest BCUT2D eigenvalue weighted by atomic mass is 127. The van der Waals surface area contributed by atoms with Crippen molar-refractivity contribution >= 4 is 60.2 Å². The third kappa shape index (κ3) is 3.33. The van der Waals surface area contributed by atoms with Crippen molar-refractivity contribution in [3.63, 3.8) is 0 Å². The summed E-state index contributed by atoms with van der Waals surface area (Å²) in [5.74, 6) is 0.0991. The van der Waals surface area contributed by atoms with Crippen LogP contribution in [-0.2, 0) is 19.9 Å². The minimum Gasteiger partial charge on any atom is -0.294 e. The molecular weight excluding hydrogens is 499 g/mol. The molecule has 2 aromatic rings. The number of aryl methyl sites for hydroxylation is 2. The summed E-state index contributed by atoms with van der Waals surface area (Å²) in [5, 5.41) is 4.42. The summed E-state index contributed by atoms with van der Waals surface area (Å²) in [6.07, 6.45) is 1.19. The number of hydrogen-bond donors (Lipinski definition) is 0. The van der Waals surface area contributed by atoms with Crippen molar-refractivity contribution in [3.05, 3.63) is 47.7 Å². The third-order valence-electron chi connectivity index (χ3n) is 3.06. The van der Waals surface area contributed by atoms with Crippen LogP contribution in [0.4, 0.5) is 0 Å². The lowest BCUT2D eigenvalue weighted by Crippen LogP contribution is -2.09. The van der Waals surface area contributed by atoms with Crippen LogP contribution in [0.25, 0.3) is 0 Å². The predicted molar refractivity (Wildman–Crippen MR) is 95.2 cm³/mol. The highest BCUT2D eigenvalue weighted by molar-refractivity contribution is 14.1. The minimum absolute atomic E-state index is 0.0991. The van der Waals surface area contributed by atoms with Crippen LogP contribution in [-0.4, -0.2) is 15.6 Å². The van der Waals surface area contributed by atoms with Gasteiger partial charge in [-0.3, -0.25) is 9.48 Å². The smallest absolute Gasteiger partial charge is 0.169 e. The van der Waals surface area contributed by atoms with Crippen molar-refractivity contribution in [2.24, 2.45) is 7.05 Å². The molecule has 0 bridgehead atoms. The van der Waals surface area contributed by atoms with Crippen molar-refractivity contribution in [1.82, 2.24) is 9.78 Å². The second-order valence-electron chi connectivity index (χ2n) is 4.41. The SMILES string of the molecule is CCc1nn(C)c(CC(=O)c2cc(Br)ccc2I)c1Br. The molecule has 0 spiro atoms. The van der Waals surface area contributed by atoms with Crippen molar-refractivity contribution in [2.75, 3.05) is 0 Å². The Kier molecular flexibility index (Phi) is 5.42. The average Bonchev–Trinajstić information content (AvgIpc) is 2.68. The number of carbonyl (C=O) groups is 1.